The van der Waals surface area contributed by atoms with Gasteiger partial charge in [-0.25, -0.2) is 18.4 Å². The fourth-order valence-electron chi connectivity index (χ4n) is 2.61. The molecule has 0 spiro atoms. The van der Waals surface area contributed by atoms with Gasteiger partial charge in [0.05, 0.1) is 28.5 Å². The van der Waals surface area contributed by atoms with Crippen molar-refractivity contribution < 1.29 is 22.9 Å². The van der Waals surface area contributed by atoms with E-state index in [0.717, 1.165) is 6.07 Å². The van der Waals surface area contributed by atoms with Crippen molar-refractivity contribution in [3.8, 4) is 0 Å². The fourth-order valence-corrected chi connectivity index (χ4v) is 3.49. The molecule has 1 unspecified atom stereocenters. The summed E-state index contributed by atoms with van der Waals surface area (Å²) in [6.45, 7) is 0.647. The van der Waals surface area contributed by atoms with Gasteiger partial charge in [0.1, 0.15) is 0 Å². The molecule has 126 valence electrons. The van der Waals surface area contributed by atoms with Gasteiger partial charge in [-0.1, -0.05) is 0 Å². The summed E-state index contributed by atoms with van der Waals surface area (Å²) in [5.41, 5.74) is 0.182. The minimum Gasteiger partial charge on any atom is -0.465 e. The van der Waals surface area contributed by atoms with Crippen molar-refractivity contribution in [1.29, 1.82) is 0 Å². The van der Waals surface area contributed by atoms with E-state index in [-0.39, 0.29) is 17.8 Å². The number of nitro benzene ring substituents is 1. The lowest BCUT2D eigenvalue weighted by molar-refractivity contribution is -0.384. The molecule has 0 amide bonds. The molecule has 0 aromatic heterocycles. The summed E-state index contributed by atoms with van der Waals surface area (Å²) in [5.74, 6) is -0.721. The number of carbonyl (C=O) groups is 1. The molecule has 0 saturated carbocycles. The number of benzene rings is 1. The number of hydrogen-bond acceptors (Lipinski definition) is 7. The van der Waals surface area contributed by atoms with E-state index in [1.165, 1.54) is 19.2 Å². The third-order valence-electron chi connectivity index (χ3n) is 3.78. The number of ether oxygens (including phenoxy) is 1. The average Bonchev–Trinajstić information content (AvgIpc) is 2.52. The molecular weight excluding hydrogens is 326 g/mol. The number of anilines is 1. The Labute approximate surface area is 133 Å². The number of hydrogen-bond donors (Lipinski definition) is 1. The molecule has 23 heavy (non-hydrogen) atoms. The van der Waals surface area contributed by atoms with Crippen LogP contribution in [0.5, 0.6) is 0 Å². The number of nitrogens with two attached hydrogens (primary N) is 1. The van der Waals surface area contributed by atoms with Crippen LogP contribution < -0.4 is 10.0 Å². The maximum absolute atomic E-state index is 11.9. The van der Waals surface area contributed by atoms with Gasteiger partial charge in [-0.2, -0.15) is 0 Å². The number of carbonyl (C=O) groups excluding carboxylic acids is 1. The Kier molecular flexibility index (Phi) is 4.85. The molecular formula is C13H17N3O6S. The van der Waals surface area contributed by atoms with Gasteiger partial charge in [-0.15, -0.1) is 0 Å². The van der Waals surface area contributed by atoms with Crippen LogP contribution in [0.1, 0.15) is 23.2 Å². The van der Waals surface area contributed by atoms with Gasteiger partial charge < -0.3 is 9.64 Å². The van der Waals surface area contributed by atoms with Crippen molar-refractivity contribution in [3.05, 3.63) is 33.9 Å². The van der Waals surface area contributed by atoms with Crippen LogP contribution in [-0.4, -0.2) is 44.8 Å². The number of esters is 1. The van der Waals surface area contributed by atoms with Crippen LogP contribution in [0.25, 0.3) is 0 Å². The lowest BCUT2D eigenvalue weighted by Crippen LogP contribution is -2.45. The zero-order chi connectivity index (χ0) is 17.2. The van der Waals surface area contributed by atoms with Gasteiger partial charge in [0.2, 0.25) is 10.0 Å². The van der Waals surface area contributed by atoms with Crippen LogP contribution in [0.15, 0.2) is 18.2 Å². The lowest BCUT2D eigenvalue weighted by atomic mass is 10.1. The zero-order valence-electron chi connectivity index (χ0n) is 12.5. The molecule has 1 aliphatic heterocycles. The molecule has 1 atom stereocenters. The second kappa shape index (κ2) is 6.50. The number of piperidine rings is 1. The van der Waals surface area contributed by atoms with Crippen molar-refractivity contribution in [2.45, 2.75) is 18.1 Å². The molecule has 0 aliphatic carbocycles. The van der Waals surface area contributed by atoms with E-state index in [4.69, 9.17) is 5.14 Å². The predicted octanol–water partition coefficient (Wildman–Crippen LogP) is 0.639. The summed E-state index contributed by atoms with van der Waals surface area (Å²) >= 11 is 0. The van der Waals surface area contributed by atoms with E-state index in [2.05, 4.69) is 4.74 Å². The first-order valence-corrected chi connectivity index (χ1v) is 8.48. The van der Waals surface area contributed by atoms with Crippen LogP contribution in [0.3, 0.4) is 0 Å². The quantitative estimate of drug-likeness (QED) is 0.482. The second-order valence-corrected chi connectivity index (χ2v) is 7.09. The monoisotopic (exact) mass is 343 g/mol. The maximum Gasteiger partial charge on any atom is 0.340 e. The lowest BCUT2D eigenvalue weighted by Gasteiger charge is -2.34. The molecule has 2 rings (SSSR count). The highest BCUT2D eigenvalue weighted by Crippen LogP contribution is 2.29. The standard InChI is InChI=1S/C13H17N3O6S/c1-22-13(17)11-7-9(16(18)19)4-5-12(11)15-6-2-3-10(8-15)23(14,20)21/h4-5,7,10H,2-3,6,8H2,1H3,(H2,14,20,21). The molecule has 1 aromatic rings. The summed E-state index contributed by atoms with van der Waals surface area (Å²) in [6.07, 6.45) is 1.02. The number of nitro groups is 1. The SMILES string of the molecule is COC(=O)c1cc([N+](=O)[O-])ccc1N1CCCC(S(N)(=O)=O)C1. The molecule has 2 N–H and O–H groups in total. The minimum absolute atomic E-state index is 0.0248. The van der Waals surface area contributed by atoms with Gasteiger partial charge in [0, 0.05) is 25.2 Å². The third kappa shape index (κ3) is 3.77. The van der Waals surface area contributed by atoms with Gasteiger partial charge in [-0.05, 0) is 18.9 Å². The minimum atomic E-state index is -3.69. The van der Waals surface area contributed by atoms with E-state index in [1.54, 1.807) is 4.90 Å². The Morgan fingerprint density at radius 1 is 1.48 bits per heavy atom. The molecule has 0 bridgehead atoms. The Balaban J connectivity index is 2.41. The first kappa shape index (κ1) is 17.2. The fraction of sp³-hybridized carbons (Fsp3) is 0.462. The maximum atomic E-state index is 11.9. The summed E-state index contributed by atoms with van der Waals surface area (Å²) in [6, 6.07) is 3.82. The van der Waals surface area contributed by atoms with E-state index in [9.17, 15) is 23.3 Å². The Bertz CT molecular complexity index is 733. The second-order valence-electron chi connectivity index (χ2n) is 5.25. The normalized spacial score (nSPS) is 18.5. The number of methoxy groups -OCH3 is 1. The molecule has 1 saturated heterocycles. The van der Waals surface area contributed by atoms with Crippen LogP contribution in [0, 0.1) is 10.1 Å². The predicted molar refractivity (Wildman–Crippen MR) is 82.8 cm³/mol. The first-order chi connectivity index (χ1) is 10.7. The molecule has 1 fully saturated rings. The van der Waals surface area contributed by atoms with Crippen LogP contribution in [0.2, 0.25) is 0 Å². The highest BCUT2D eigenvalue weighted by Gasteiger charge is 2.30. The number of rotatable bonds is 4. The van der Waals surface area contributed by atoms with Gasteiger partial charge in [-0.3, -0.25) is 10.1 Å². The molecule has 0 radical (unpaired) electrons. The van der Waals surface area contributed by atoms with Gasteiger partial charge >= 0.3 is 5.97 Å². The first-order valence-electron chi connectivity index (χ1n) is 6.87. The highest BCUT2D eigenvalue weighted by molar-refractivity contribution is 7.89. The average molecular weight is 343 g/mol. The van der Waals surface area contributed by atoms with Crippen molar-refractivity contribution in [2.24, 2.45) is 5.14 Å². The zero-order valence-corrected chi connectivity index (χ0v) is 13.3. The van der Waals surface area contributed by atoms with Crippen LogP contribution in [-0.2, 0) is 14.8 Å². The molecule has 1 heterocycles. The smallest absolute Gasteiger partial charge is 0.340 e. The highest BCUT2D eigenvalue weighted by atomic mass is 32.2. The van der Waals surface area contributed by atoms with Crippen molar-refractivity contribution in [1.82, 2.24) is 0 Å². The number of nitrogens with zero attached hydrogens (tertiary/aromatic N) is 2. The summed E-state index contributed by atoms with van der Waals surface area (Å²) in [7, 11) is -2.52. The summed E-state index contributed by atoms with van der Waals surface area (Å²) < 4.78 is 27.8. The molecule has 9 nitrogen and oxygen atoms in total. The van der Waals surface area contributed by atoms with Gasteiger partial charge in [0.15, 0.2) is 0 Å². The molecule has 1 aromatic carbocycles. The molecule has 10 heteroatoms. The van der Waals surface area contributed by atoms with Crippen molar-refractivity contribution in [3.63, 3.8) is 0 Å². The van der Waals surface area contributed by atoms with Crippen molar-refractivity contribution >= 4 is 27.4 Å². The van der Waals surface area contributed by atoms with Gasteiger partial charge in [0.25, 0.3) is 5.69 Å². The molecule has 1 aliphatic rings. The van der Waals surface area contributed by atoms with Crippen LogP contribution >= 0.6 is 0 Å². The third-order valence-corrected chi connectivity index (χ3v) is 5.09. The van der Waals surface area contributed by atoms with E-state index in [0.29, 0.717) is 25.1 Å². The summed E-state index contributed by atoms with van der Waals surface area (Å²) in [4.78, 5) is 23.9. The summed E-state index contributed by atoms with van der Waals surface area (Å²) in [5, 5.41) is 15.3. The Morgan fingerprint density at radius 2 is 2.17 bits per heavy atom. The van der Waals surface area contributed by atoms with E-state index < -0.39 is 26.2 Å². The number of sulfonamides is 1. The largest absolute Gasteiger partial charge is 0.465 e. The van der Waals surface area contributed by atoms with Crippen molar-refractivity contribution in [2.75, 3.05) is 25.1 Å². The van der Waals surface area contributed by atoms with Crippen LogP contribution in [0.4, 0.5) is 11.4 Å². The Morgan fingerprint density at radius 3 is 2.74 bits per heavy atom. The van der Waals surface area contributed by atoms with E-state index in [1.807, 2.05) is 0 Å². The Hall–Kier alpha value is -2.20. The topological polar surface area (TPSA) is 133 Å². The number of primary sulfonamides is 1. The van der Waals surface area contributed by atoms with E-state index >= 15 is 0 Å². The number of non-ortho nitro benzene ring substituents is 1.